The van der Waals surface area contributed by atoms with E-state index in [4.69, 9.17) is 0 Å². The highest BCUT2D eigenvalue weighted by Gasteiger charge is 2.54. The van der Waals surface area contributed by atoms with E-state index in [1.54, 1.807) is 0 Å². The first-order valence-corrected chi connectivity index (χ1v) is 10.9. The van der Waals surface area contributed by atoms with E-state index >= 15 is 0 Å². The minimum absolute atomic E-state index is 0.450. The number of nitrogens with one attached hydrogen (secondary N) is 1. The van der Waals surface area contributed by atoms with E-state index in [2.05, 4.69) is 59.4 Å². The van der Waals surface area contributed by atoms with Crippen LogP contribution in [0.4, 0.5) is 5.82 Å². The first-order chi connectivity index (χ1) is 12.9. The maximum atomic E-state index is 4.43. The molecule has 148 valence electrons. The molecule has 1 spiro atoms. The summed E-state index contributed by atoms with van der Waals surface area (Å²) in [5, 5.41) is 12.4. The molecule has 2 fully saturated rings. The molecule has 1 saturated carbocycles. The minimum Gasteiger partial charge on any atom is -0.368 e. The van der Waals surface area contributed by atoms with Crippen molar-refractivity contribution in [3.8, 4) is 0 Å². The van der Waals surface area contributed by atoms with Crippen LogP contribution >= 0.6 is 0 Å². The molecule has 1 unspecified atom stereocenters. The lowest BCUT2D eigenvalue weighted by Crippen LogP contribution is -2.37. The van der Waals surface area contributed by atoms with Gasteiger partial charge in [0.2, 0.25) is 0 Å². The van der Waals surface area contributed by atoms with E-state index in [1.165, 1.54) is 63.7 Å². The molecule has 27 heavy (non-hydrogen) atoms. The lowest BCUT2D eigenvalue weighted by atomic mass is 9.88. The summed E-state index contributed by atoms with van der Waals surface area (Å²) in [5.41, 5.74) is 3.50. The van der Waals surface area contributed by atoms with Crippen LogP contribution in [0.2, 0.25) is 0 Å². The van der Waals surface area contributed by atoms with Crippen LogP contribution in [0.15, 0.2) is 18.2 Å². The molecule has 1 aromatic rings. The van der Waals surface area contributed by atoms with Gasteiger partial charge in [-0.15, -0.1) is 10.2 Å². The highest BCUT2D eigenvalue weighted by atomic mass is 15.2. The molecule has 1 N–H and O–H groups in total. The van der Waals surface area contributed by atoms with Gasteiger partial charge in [-0.25, -0.2) is 0 Å². The van der Waals surface area contributed by atoms with Gasteiger partial charge in [-0.1, -0.05) is 26.8 Å². The van der Waals surface area contributed by atoms with Crippen LogP contribution in [0.25, 0.3) is 5.57 Å². The molecule has 3 aliphatic rings. The fourth-order valence-corrected chi connectivity index (χ4v) is 4.78. The van der Waals surface area contributed by atoms with E-state index in [0.29, 0.717) is 10.8 Å². The van der Waals surface area contributed by atoms with Gasteiger partial charge in [-0.2, -0.15) is 0 Å². The molecule has 1 aromatic heterocycles. The third-order valence-electron chi connectivity index (χ3n) is 6.95. The first-order valence-electron chi connectivity index (χ1n) is 10.9. The van der Waals surface area contributed by atoms with E-state index < -0.39 is 0 Å². The minimum atomic E-state index is 0.450. The highest BCUT2D eigenvalue weighted by molar-refractivity contribution is 5.64. The number of hydrogen-bond acceptors (Lipinski definition) is 4. The number of anilines is 1. The predicted molar refractivity (Wildman–Crippen MR) is 113 cm³/mol. The van der Waals surface area contributed by atoms with E-state index in [-0.39, 0.29) is 0 Å². The summed E-state index contributed by atoms with van der Waals surface area (Å²) < 4.78 is 0. The molecule has 1 saturated heterocycles. The fraction of sp³-hybridized carbons (Fsp3) is 0.739. The largest absolute Gasteiger partial charge is 0.368 e. The Labute approximate surface area is 164 Å². The molecule has 2 aliphatic carbocycles. The number of likely N-dealkylation sites (tertiary alicyclic amines) is 1. The van der Waals surface area contributed by atoms with Crippen molar-refractivity contribution in [2.24, 2.45) is 16.7 Å². The fourth-order valence-electron chi connectivity index (χ4n) is 4.78. The lowest BCUT2D eigenvalue weighted by Gasteiger charge is -2.34. The molecule has 1 atom stereocenters. The second-order valence-corrected chi connectivity index (χ2v) is 10.2. The van der Waals surface area contributed by atoms with Crippen molar-refractivity contribution in [1.29, 1.82) is 0 Å². The Bertz CT molecular complexity index is 663. The number of aromatic nitrogens is 2. The van der Waals surface area contributed by atoms with Crippen LogP contribution in [0, 0.1) is 16.7 Å². The number of nitrogens with zero attached hydrogens (tertiary/aromatic N) is 3. The summed E-state index contributed by atoms with van der Waals surface area (Å²) in [4.78, 5) is 2.68. The van der Waals surface area contributed by atoms with Gasteiger partial charge in [0.1, 0.15) is 5.82 Å². The summed E-state index contributed by atoms with van der Waals surface area (Å²) in [6, 6.07) is 4.23. The van der Waals surface area contributed by atoms with Crippen molar-refractivity contribution in [1.82, 2.24) is 15.1 Å². The Kier molecular flexibility index (Phi) is 5.28. The Morgan fingerprint density at radius 3 is 2.63 bits per heavy atom. The Morgan fingerprint density at radius 1 is 1.19 bits per heavy atom. The van der Waals surface area contributed by atoms with E-state index in [1.807, 2.05) is 0 Å². The molecule has 4 rings (SSSR count). The van der Waals surface area contributed by atoms with Gasteiger partial charge in [0.25, 0.3) is 0 Å². The van der Waals surface area contributed by atoms with Gasteiger partial charge in [0, 0.05) is 6.54 Å². The molecule has 4 nitrogen and oxygen atoms in total. The molecule has 0 aromatic carbocycles. The standard InChI is InChI=1S/C23H36N4/c1-22(2,3)10-13-27-14-11-23(12-15-27)16-19(23)17-24-21-9-8-20(25-26-21)18-6-4-5-7-18/h6,8-9,19H,4-5,7,10-17H2,1-3H3,(H,24,26). The van der Waals surface area contributed by atoms with Crippen LogP contribution in [0.5, 0.6) is 0 Å². The molecular formula is C23H36N4. The van der Waals surface area contributed by atoms with Gasteiger partial charge in [-0.3, -0.25) is 0 Å². The Hall–Kier alpha value is -1.42. The van der Waals surface area contributed by atoms with Crippen molar-refractivity contribution in [3.63, 3.8) is 0 Å². The molecular weight excluding hydrogens is 332 g/mol. The average Bonchev–Trinajstić information content (AvgIpc) is 3.06. The predicted octanol–water partition coefficient (Wildman–Crippen LogP) is 4.99. The summed E-state index contributed by atoms with van der Waals surface area (Å²) in [7, 11) is 0. The molecule has 2 heterocycles. The van der Waals surface area contributed by atoms with Gasteiger partial charge in [-0.05, 0) is 99.0 Å². The second-order valence-electron chi connectivity index (χ2n) is 10.2. The Balaban J connectivity index is 1.20. The first kappa shape index (κ1) is 18.9. The van der Waals surface area contributed by atoms with Crippen molar-refractivity contribution >= 4 is 11.4 Å². The number of rotatable bonds is 6. The van der Waals surface area contributed by atoms with Crippen molar-refractivity contribution in [3.05, 3.63) is 23.9 Å². The topological polar surface area (TPSA) is 41.0 Å². The highest BCUT2D eigenvalue weighted by Crippen LogP contribution is 2.59. The molecule has 0 radical (unpaired) electrons. The summed E-state index contributed by atoms with van der Waals surface area (Å²) >= 11 is 0. The van der Waals surface area contributed by atoms with Crippen molar-refractivity contribution < 1.29 is 0 Å². The number of hydrogen-bond donors (Lipinski definition) is 1. The summed E-state index contributed by atoms with van der Waals surface area (Å²) in [6.45, 7) is 11.9. The molecule has 0 bridgehead atoms. The maximum absolute atomic E-state index is 4.43. The lowest BCUT2D eigenvalue weighted by molar-refractivity contribution is 0.147. The molecule has 0 amide bonds. The number of allylic oxidation sites excluding steroid dienone is 2. The van der Waals surface area contributed by atoms with Gasteiger partial charge in [0.15, 0.2) is 0 Å². The maximum Gasteiger partial charge on any atom is 0.148 e. The van der Waals surface area contributed by atoms with Crippen LogP contribution < -0.4 is 5.32 Å². The van der Waals surface area contributed by atoms with Crippen LogP contribution in [0.3, 0.4) is 0 Å². The second kappa shape index (κ2) is 7.54. The van der Waals surface area contributed by atoms with Crippen LogP contribution in [-0.2, 0) is 0 Å². The van der Waals surface area contributed by atoms with Gasteiger partial charge >= 0.3 is 0 Å². The van der Waals surface area contributed by atoms with Crippen molar-refractivity contribution in [2.75, 3.05) is 31.5 Å². The molecule has 1 aliphatic heterocycles. The van der Waals surface area contributed by atoms with Crippen LogP contribution in [-0.4, -0.2) is 41.3 Å². The van der Waals surface area contributed by atoms with E-state index in [9.17, 15) is 0 Å². The normalized spacial score (nSPS) is 24.9. The number of piperidine rings is 1. The van der Waals surface area contributed by atoms with Crippen LogP contribution in [0.1, 0.15) is 71.4 Å². The summed E-state index contributed by atoms with van der Waals surface area (Å²) in [6.07, 6.45) is 11.4. The molecule has 4 heteroatoms. The third-order valence-corrected chi connectivity index (χ3v) is 6.95. The monoisotopic (exact) mass is 368 g/mol. The quantitative estimate of drug-likeness (QED) is 0.767. The zero-order chi connectivity index (χ0) is 18.9. The summed E-state index contributed by atoms with van der Waals surface area (Å²) in [5.74, 6) is 1.75. The zero-order valence-corrected chi connectivity index (χ0v) is 17.4. The van der Waals surface area contributed by atoms with Gasteiger partial charge in [0.05, 0.1) is 5.69 Å². The smallest absolute Gasteiger partial charge is 0.148 e. The van der Waals surface area contributed by atoms with Gasteiger partial charge < -0.3 is 10.2 Å². The zero-order valence-electron chi connectivity index (χ0n) is 17.4. The average molecular weight is 369 g/mol. The SMILES string of the molecule is CC(C)(C)CCN1CCC2(CC1)CC2CNc1ccc(C2=CCCC2)nn1. The Morgan fingerprint density at radius 2 is 2.00 bits per heavy atom. The van der Waals surface area contributed by atoms with Crippen molar-refractivity contribution in [2.45, 2.75) is 65.7 Å². The van der Waals surface area contributed by atoms with E-state index in [0.717, 1.165) is 30.4 Å². The third kappa shape index (κ3) is 4.71.